The Balaban J connectivity index is 2.00. The molecule has 1 aromatic carbocycles. The summed E-state index contributed by atoms with van der Waals surface area (Å²) in [6.45, 7) is 12.8. The van der Waals surface area contributed by atoms with Crippen molar-refractivity contribution < 1.29 is 0 Å². The van der Waals surface area contributed by atoms with E-state index in [1.165, 1.54) is 62.1 Å². The molecule has 1 aromatic rings. The summed E-state index contributed by atoms with van der Waals surface area (Å²) < 4.78 is 0. The Morgan fingerprint density at radius 2 is 2.00 bits per heavy atom. The Hall–Kier alpha value is -0.860. The fourth-order valence-electron chi connectivity index (χ4n) is 3.32. The molecule has 0 aromatic heterocycles. The van der Waals surface area contributed by atoms with Crippen molar-refractivity contribution in [3.8, 4) is 0 Å². The molecular weight excluding hydrogens is 244 g/mol. The van der Waals surface area contributed by atoms with Gasteiger partial charge >= 0.3 is 0 Å². The highest BCUT2D eigenvalue weighted by molar-refractivity contribution is 5.33. The van der Waals surface area contributed by atoms with E-state index in [9.17, 15) is 0 Å². The third-order valence-electron chi connectivity index (χ3n) is 4.48. The molecule has 1 N–H and O–H groups in total. The lowest BCUT2D eigenvalue weighted by molar-refractivity contribution is 0.201. The molecule has 2 heteroatoms. The molecule has 1 aliphatic rings. The van der Waals surface area contributed by atoms with Crippen molar-refractivity contribution in [2.75, 3.05) is 26.2 Å². The normalized spacial score (nSPS) is 19.5. The second-order valence-corrected chi connectivity index (χ2v) is 6.32. The molecule has 0 amide bonds. The maximum Gasteiger partial charge on any atom is 0.0239 e. The minimum absolute atomic E-state index is 0.833. The number of aryl methyl sites for hydroxylation is 2. The van der Waals surface area contributed by atoms with Crippen LogP contribution in [0, 0.1) is 19.8 Å². The molecule has 2 nitrogen and oxygen atoms in total. The molecule has 112 valence electrons. The van der Waals surface area contributed by atoms with Crippen LogP contribution in [-0.4, -0.2) is 31.1 Å². The van der Waals surface area contributed by atoms with Crippen LogP contribution in [0.25, 0.3) is 0 Å². The maximum absolute atomic E-state index is 3.54. The number of hydrogen-bond donors (Lipinski definition) is 1. The van der Waals surface area contributed by atoms with Gasteiger partial charge in [-0.15, -0.1) is 0 Å². The van der Waals surface area contributed by atoms with E-state index in [-0.39, 0.29) is 0 Å². The Bertz CT molecular complexity index is 388. The predicted octanol–water partition coefficient (Wildman–Crippen LogP) is 3.52. The SMILES string of the molecule is CCCN(Cc1c(C)cccc1C)CC1CCCNC1. The number of rotatable bonds is 6. The summed E-state index contributed by atoms with van der Waals surface area (Å²) in [6, 6.07) is 6.66. The lowest BCUT2D eigenvalue weighted by Crippen LogP contribution is -2.38. The van der Waals surface area contributed by atoms with Gasteiger partial charge in [-0.25, -0.2) is 0 Å². The molecule has 1 heterocycles. The van der Waals surface area contributed by atoms with Gasteiger partial charge < -0.3 is 5.32 Å². The third kappa shape index (κ3) is 4.32. The van der Waals surface area contributed by atoms with Crippen LogP contribution in [0.1, 0.15) is 42.9 Å². The molecule has 1 fully saturated rings. The van der Waals surface area contributed by atoms with Crippen LogP contribution in [0.15, 0.2) is 18.2 Å². The second kappa shape index (κ2) is 7.80. The van der Waals surface area contributed by atoms with Crippen molar-refractivity contribution in [2.24, 2.45) is 5.92 Å². The predicted molar refractivity (Wildman–Crippen MR) is 87.1 cm³/mol. The first-order valence-electron chi connectivity index (χ1n) is 8.19. The van der Waals surface area contributed by atoms with Crippen LogP contribution in [0.2, 0.25) is 0 Å². The highest BCUT2D eigenvalue weighted by Gasteiger charge is 2.17. The topological polar surface area (TPSA) is 15.3 Å². The smallest absolute Gasteiger partial charge is 0.0239 e. The van der Waals surface area contributed by atoms with Crippen molar-refractivity contribution in [3.63, 3.8) is 0 Å². The first-order chi connectivity index (χ1) is 9.70. The van der Waals surface area contributed by atoms with Gasteiger partial charge in [0, 0.05) is 13.1 Å². The van der Waals surface area contributed by atoms with Crippen LogP contribution in [-0.2, 0) is 6.54 Å². The molecule has 0 saturated carbocycles. The monoisotopic (exact) mass is 274 g/mol. The molecule has 1 unspecified atom stereocenters. The summed E-state index contributed by atoms with van der Waals surface area (Å²) >= 11 is 0. The minimum Gasteiger partial charge on any atom is -0.316 e. The molecule has 2 rings (SSSR count). The molecule has 1 saturated heterocycles. The fourth-order valence-corrected chi connectivity index (χ4v) is 3.32. The molecule has 1 aliphatic heterocycles. The highest BCUT2D eigenvalue weighted by Crippen LogP contribution is 2.18. The van der Waals surface area contributed by atoms with Gasteiger partial charge in [0.15, 0.2) is 0 Å². The van der Waals surface area contributed by atoms with Crippen LogP contribution in [0.3, 0.4) is 0 Å². The lowest BCUT2D eigenvalue weighted by Gasteiger charge is -2.30. The van der Waals surface area contributed by atoms with Gasteiger partial charge in [-0.2, -0.15) is 0 Å². The number of nitrogens with zero attached hydrogens (tertiary/aromatic N) is 1. The molecule has 0 radical (unpaired) electrons. The van der Waals surface area contributed by atoms with Crippen LogP contribution >= 0.6 is 0 Å². The van der Waals surface area contributed by atoms with Gasteiger partial charge in [0.2, 0.25) is 0 Å². The van der Waals surface area contributed by atoms with Gasteiger partial charge in [0.25, 0.3) is 0 Å². The summed E-state index contributed by atoms with van der Waals surface area (Å²) in [5, 5.41) is 3.54. The van der Waals surface area contributed by atoms with Gasteiger partial charge in [-0.1, -0.05) is 25.1 Å². The van der Waals surface area contributed by atoms with E-state index in [2.05, 4.69) is 49.2 Å². The third-order valence-corrected chi connectivity index (χ3v) is 4.48. The van der Waals surface area contributed by atoms with E-state index in [0.717, 1.165) is 12.5 Å². The quantitative estimate of drug-likeness (QED) is 0.854. The zero-order valence-electron chi connectivity index (χ0n) is 13.4. The van der Waals surface area contributed by atoms with E-state index in [1.54, 1.807) is 0 Å². The van der Waals surface area contributed by atoms with Gasteiger partial charge in [-0.3, -0.25) is 4.90 Å². The zero-order valence-corrected chi connectivity index (χ0v) is 13.4. The lowest BCUT2D eigenvalue weighted by atomic mass is 9.97. The van der Waals surface area contributed by atoms with E-state index in [4.69, 9.17) is 0 Å². The standard InChI is InChI=1S/C18H30N2/c1-4-11-20(13-17-9-6-10-19-12-17)14-18-15(2)7-5-8-16(18)3/h5,7-8,17,19H,4,6,9-14H2,1-3H3. The van der Waals surface area contributed by atoms with Gasteiger partial charge in [0.05, 0.1) is 0 Å². The largest absolute Gasteiger partial charge is 0.316 e. The Morgan fingerprint density at radius 3 is 2.60 bits per heavy atom. The zero-order chi connectivity index (χ0) is 14.4. The van der Waals surface area contributed by atoms with Gasteiger partial charge in [0.1, 0.15) is 0 Å². The summed E-state index contributed by atoms with van der Waals surface area (Å²) in [5.41, 5.74) is 4.41. The Labute approximate surface area is 124 Å². The Morgan fingerprint density at radius 1 is 1.25 bits per heavy atom. The van der Waals surface area contributed by atoms with Crippen molar-refractivity contribution in [1.82, 2.24) is 10.2 Å². The van der Waals surface area contributed by atoms with E-state index in [1.807, 2.05) is 0 Å². The number of nitrogens with one attached hydrogen (secondary N) is 1. The average Bonchev–Trinajstić information content (AvgIpc) is 2.44. The van der Waals surface area contributed by atoms with E-state index >= 15 is 0 Å². The number of benzene rings is 1. The summed E-state index contributed by atoms with van der Waals surface area (Å²) in [6.07, 6.45) is 3.97. The van der Waals surface area contributed by atoms with Crippen molar-refractivity contribution >= 4 is 0 Å². The molecule has 0 spiro atoms. The van der Waals surface area contributed by atoms with Gasteiger partial charge in [-0.05, 0) is 75.4 Å². The van der Waals surface area contributed by atoms with Crippen LogP contribution < -0.4 is 5.32 Å². The van der Waals surface area contributed by atoms with Crippen molar-refractivity contribution in [3.05, 3.63) is 34.9 Å². The van der Waals surface area contributed by atoms with Crippen LogP contribution in [0.4, 0.5) is 0 Å². The fraction of sp³-hybridized carbons (Fsp3) is 0.667. The maximum atomic E-state index is 3.54. The minimum atomic E-state index is 0.833. The van der Waals surface area contributed by atoms with Crippen LogP contribution in [0.5, 0.6) is 0 Å². The van der Waals surface area contributed by atoms with E-state index < -0.39 is 0 Å². The molecule has 1 atom stereocenters. The van der Waals surface area contributed by atoms with E-state index in [0.29, 0.717) is 0 Å². The van der Waals surface area contributed by atoms with Crippen molar-refractivity contribution in [2.45, 2.75) is 46.6 Å². The average molecular weight is 274 g/mol. The first kappa shape index (κ1) is 15.5. The molecule has 0 aliphatic carbocycles. The molecule has 20 heavy (non-hydrogen) atoms. The highest BCUT2D eigenvalue weighted by atomic mass is 15.1. The van der Waals surface area contributed by atoms with Crippen molar-refractivity contribution in [1.29, 1.82) is 0 Å². The number of hydrogen-bond acceptors (Lipinski definition) is 2. The number of piperidine rings is 1. The Kier molecular flexibility index (Phi) is 6.06. The first-order valence-corrected chi connectivity index (χ1v) is 8.19. The summed E-state index contributed by atoms with van der Waals surface area (Å²) in [4.78, 5) is 2.66. The molecular formula is C18H30N2. The molecule has 0 bridgehead atoms. The second-order valence-electron chi connectivity index (χ2n) is 6.32. The summed E-state index contributed by atoms with van der Waals surface area (Å²) in [5.74, 6) is 0.833. The summed E-state index contributed by atoms with van der Waals surface area (Å²) in [7, 11) is 0.